The van der Waals surface area contributed by atoms with Crippen molar-refractivity contribution in [3.05, 3.63) is 0 Å². The highest BCUT2D eigenvalue weighted by Gasteiger charge is 2.29. The lowest BCUT2D eigenvalue weighted by molar-refractivity contribution is 0.356. The molecule has 3 N–H and O–H groups in total. The highest BCUT2D eigenvalue weighted by Crippen LogP contribution is 2.24. The maximum absolute atomic E-state index is 11.3. The van der Waals surface area contributed by atoms with Gasteiger partial charge in [-0.1, -0.05) is 13.8 Å². The predicted octanol–water partition coefficient (Wildman–Crippen LogP) is 0.689. The average Bonchev–Trinajstić information content (AvgIpc) is 2.43. The molecule has 0 bridgehead atoms. The van der Waals surface area contributed by atoms with E-state index in [1.807, 2.05) is 0 Å². The summed E-state index contributed by atoms with van der Waals surface area (Å²) in [6, 6.07) is 0.253. The summed E-state index contributed by atoms with van der Waals surface area (Å²) in [6.07, 6.45) is 2.69. The van der Waals surface area contributed by atoms with Crippen LogP contribution in [-0.4, -0.2) is 26.0 Å². The molecule has 0 aromatic rings. The lowest BCUT2D eigenvalue weighted by Crippen LogP contribution is -2.37. The Labute approximate surface area is 92.5 Å². The fourth-order valence-electron chi connectivity index (χ4n) is 2.26. The molecule has 1 saturated heterocycles. The van der Waals surface area contributed by atoms with Gasteiger partial charge in [-0.2, -0.15) is 0 Å². The maximum atomic E-state index is 11.3. The average molecular weight is 234 g/mol. The van der Waals surface area contributed by atoms with E-state index in [1.54, 1.807) is 0 Å². The van der Waals surface area contributed by atoms with Gasteiger partial charge in [0.25, 0.3) is 0 Å². The zero-order valence-electron chi connectivity index (χ0n) is 9.57. The lowest BCUT2D eigenvalue weighted by atomic mass is 9.94. The number of nitrogens with two attached hydrogens (primary N) is 1. The Morgan fingerprint density at radius 2 is 2.13 bits per heavy atom. The van der Waals surface area contributed by atoms with Gasteiger partial charge >= 0.3 is 0 Å². The summed E-state index contributed by atoms with van der Waals surface area (Å²) in [5.74, 6) is 7.06. The van der Waals surface area contributed by atoms with E-state index >= 15 is 0 Å². The smallest absolute Gasteiger partial charge is 0.150 e. The molecule has 0 saturated carbocycles. The van der Waals surface area contributed by atoms with Crippen molar-refractivity contribution in [1.29, 1.82) is 0 Å². The van der Waals surface area contributed by atoms with Crippen molar-refractivity contribution in [3.63, 3.8) is 0 Å². The number of hydrogen-bond donors (Lipinski definition) is 2. The standard InChI is InChI=1S/C10H22N2O2S/c1-8(2)5-10(12-11)6-9-3-4-15(13,14)7-9/h8-10,12H,3-7,11H2,1-2H3. The third-order valence-electron chi connectivity index (χ3n) is 2.94. The summed E-state index contributed by atoms with van der Waals surface area (Å²) in [5.41, 5.74) is 2.79. The van der Waals surface area contributed by atoms with E-state index in [0.717, 1.165) is 19.3 Å². The highest BCUT2D eigenvalue weighted by molar-refractivity contribution is 7.91. The number of rotatable bonds is 5. The van der Waals surface area contributed by atoms with E-state index in [0.29, 0.717) is 23.3 Å². The maximum Gasteiger partial charge on any atom is 0.150 e. The molecule has 1 aliphatic heterocycles. The minimum absolute atomic E-state index is 0.253. The molecule has 1 rings (SSSR count). The molecule has 1 fully saturated rings. The first-order valence-corrected chi connectivity index (χ1v) is 7.41. The first kappa shape index (κ1) is 12.9. The van der Waals surface area contributed by atoms with Crippen molar-refractivity contribution in [1.82, 2.24) is 5.43 Å². The minimum Gasteiger partial charge on any atom is -0.271 e. The molecule has 0 aromatic heterocycles. The molecule has 5 heteroatoms. The second kappa shape index (κ2) is 5.27. The first-order valence-electron chi connectivity index (χ1n) is 5.59. The fraction of sp³-hybridized carbons (Fsp3) is 1.00. The third-order valence-corrected chi connectivity index (χ3v) is 4.77. The number of hydrogen-bond acceptors (Lipinski definition) is 4. The molecule has 4 nitrogen and oxygen atoms in total. The van der Waals surface area contributed by atoms with Crippen LogP contribution in [0.4, 0.5) is 0 Å². The van der Waals surface area contributed by atoms with E-state index in [-0.39, 0.29) is 6.04 Å². The zero-order valence-corrected chi connectivity index (χ0v) is 10.4. The Hall–Kier alpha value is -0.130. The Morgan fingerprint density at radius 3 is 2.53 bits per heavy atom. The Balaban J connectivity index is 2.40. The molecular weight excluding hydrogens is 212 g/mol. The van der Waals surface area contributed by atoms with E-state index in [2.05, 4.69) is 19.3 Å². The van der Waals surface area contributed by atoms with Gasteiger partial charge in [0.15, 0.2) is 9.84 Å². The van der Waals surface area contributed by atoms with Crippen molar-refractivity contribution in [2.45, 2.75) is 39.2 Å². The summed E-state index contributed by atoms with van der Waals surface area (Å²) in [4.78, 5) is 0. The normalized spacial score (nSPS) is 27.1. The van der Waals surface area contributed by atoms with Crippen molar-refractivity contribution < 1.29 is 8.42 Å². The summed E-state index contributed by atoms with van der Waals surface area (Å²) >= 11 is 0. The molecule has 2 unspecified atom stereocenters. The second-order valence-electron chi connectivity index (χ2n) is 5.00. The predicted molar refractivity (Wildman–Crippen MR) is 61.9 cm³/mol. The Morgan fingerprint density at radius 1 is 1.47 bits per heavy atom. The quantitative estimate of drug-likeness (QED) is 0.542. The van der Waals surface area contributed by atoms with Crippen LogP contribution in [0, 0.1) is 11.8 Å². The number of nitrogens with one attached hydrogen (secondary N) is 1. The lowest BCUT2D eigenvalue weighted by Gasteiger charge is -2.20. The van der Waals surface area contributed by atoms with Crippen LogP contribution in [0.3, 0.4) is 0 Å². The van der Waals surface area contributed by atoms with E-state index < -0.39 is 9.84 Å². The molecule has 0 aliphatic carbocycles. The Kier molecular flexibility index (Phi) is 4.55. The molecule has 1 heterocycles. The summed E-state index contributed by atoms with van der Waals surface area (Å²) in [7, 11) is -2.75. The molecule has 0 radical (unpaired) electrons. The summed E-state index contributed by atoms with van der Waals surface area (Å²) < 4.78 is 22.6. The van der Waals surface area contributed by atoms with Gasteiger partial charge in [-0.3, -0.25) is 11.3 Å². The molecular formula is C10H22N2O2S. The van der Waals surface area contributed by atoms with Crippen LogP contribution in [0.15, 0.2) is 0 Å². The third kappa shape index (κ3) is 4.49. The van der Waals surface area contributed by atoms with Gasteiger partial charge in [0.1, 0.15) is 0 Å². The van der Waals surface area contributed by atoms with Crippen molar-refractivity contribution in [3.8, 4) is 0 Å². The monoisotopic (exact) mass is 234 g/mol. The van der Waals surface area contributed by atoms with Gasteiger partial charge in [-0.05, 0) is 31.1 Å². The summed E-state index contributed by atoms with van der Waals surface area (Å²) in [5, 5.41) is 0. The molecule has 15 heavy (non-hydrogen) atoms. The zero-order chi connectivity index (χ0) is 11.5. The Bertz CT molecular complexity index is 288. The first-order chi connectivity index (χ1) is 6.93. The van der Waals surface area contributed by atoms with E-state index in [4.69, 9.17) is 5.84 Å². The van der Waals surface area contributed by atoms with Crippen LogP contribution in [0.1, 0.15) is 33.1 Å². The van der Waals surface area contributed by atoms with Crippen molar-refractivity contribution >= 4 is 9.84 Å². The van der Waals surface area contributed by atoms with Gasteiger partial charge in [0.05, 0.1) is 11.5 Å². The fourth-order valence-corrected chi connectivity index (χ4v) is 4.14. The van der Waals surface area contributed by atoms with Gasteiger partial charge in [0.2, 0.25) is 0 Å². The van der Waals surface area contributed by atoms with E-state index in [1.165, 1.54) is 0 Å². The molecule has 0 spiro atoms. The van der Waals surface area contributed by atoms with Crippen LogP contribution in [0.2, 0.25) is 0 Å². The number of hydrazine groups is 1. The molecule has 0 aromatic carbocycles. The highest BCUT2D eigenvalue weighted by atomic mass is 32.2. The SMILES string of the molecule is CC(C)CC(CC1CCS(=O)(=O)C1)NN. The van der Waals surface area contributed by atoms with Gasteiger partial charge in [-0.15, -0.1) is 0 Å². The molecule has 1 aliphatic rings. The van der Waals surface area contributed by atoms with Gasteiger partial charge < -0.3 is 0 Å². The van der Waals surface area contributed by atoms with Gasteiger partial charge in [0, 0.05) is 6.04 Å². The molecule has 0 amide bonds. The van der Waals surface area contributed by atoms with E-state index in [9.17, 15) is 8.42 Å². The van der Waals surface area contributed by atoms with Crippen molar-refractivity contribution in [2.24, 2.45) is 17.7 Å². The van der Waals surface area contributed by atoms with Crippen LogP contribution < -0.4 is 11.3 Å². The largest absolute Gasteiger partial charge is 0.271 e. The number of sulfone groups is 1. The minimum atomic E-state index is -2.75. The van der Waals surface area contributed by atoms with Crippen LogP contribution in [-0.2, 0) is 9.84 Å². The topological polar surface area (TPSA) is 72.2 Å². The van der Waals surface area contributed by atoms with Crippen LogP contribution >= 0.6 is 0 Å². The van der Waals surface area contributed by atoms with Gasteiger partial charge in [-0.25, -0.2) is 8.42 Å². The summed E-state index contributed by atoms with van der Waals surface area (Å²) in [6.45, 7) is 4.30. The molecule has 2 atom stereocenters. The van der Waals surface area contributed by atoms with Crippen LogP contribution in [0.25, 0.3) is 0 Å². The second-order valence-corrected chi connectivity index (χ2v) is 7.23. The van der Waals surface area contributed by atoms with Crippen LogP contribution in [0.5, 0.6) is 0 Å². The molecule has 90 valence electrons. The van der Waals surface area contributed by atoms with Crippen molar-refractivity contribution in [2.75, 3.05) is 11.5 Å².